The van der Waals surface area contributed by atoms with Crippen LogP contribution in [0.5, 0.6) is 0 Å². The molecule has 1 aliphatic heterocycles. The van der Waals surface area contributed by atoms with Gasteiger partial charge in [-0.25, -0.2) is 14.8 Å². The van der Waals surface area contributed by atoms with E-state index in [0.717, 1.165) is 53.4 Å². The van der Waals surface area contributed by atoms with Crippen LogP contribution < -0.4 is 0 Å². The zero-order chi connectivity index (χ0) is 19.0. The van der Waals surface area contributed by atoms with Crippen molar-refractivity contribution in [3.8, 4) is 11.4 Å². The van der Waals surface area contributed by atoms with Crippen LogP contribution in [0.3, 0.4) is 0 Å². The molecule has 0 spiro atoms. The normalized spacial score (nSPS) is 14.1. The standard InChI is InChI=1S/C21H22N4O2/c1-13-18(23-14(2)19(13)21(26)27)12-25-9-8-17-16(11-25)10-22-20(24-17)15-6-4-3-5-7-15/h3-7,10,23H,8-9,11-12H2,1-2H3,(H,26,27). The predicted octanol–water partition coefficient (Wildman–Crippen LogP) is 3.35. The van der Waals surface area contributed by atoms with E-state index in [2.05, 4.69) is 14.9 Å². The lowest BCUT2D eigenvalue weighted by Crippen LogP contribution is -2.31. The summed E-state index contributed by atoms with van der Waals surface area (Å²) < 4.78 is 0. The molecular formula is C21H22N4O2. The first kappa shape index (κ1) is 17.4. The minimum atomic E-state index is -0.877. The molecule has 0 fully saturated rings. The number of rotatable bonds is 4. The third-order valence-corrected chi connectivity index (χ3v) is 5.18. The number of aromatic nitrogens is 3. The average molecular weight is 362 g/mol. The molecule has 4 rings (SSSR count). The molecular weight excluding hydrogens is 340 g/mol. The second-order valence-corrected chi connectivity index (χ2v) is 7.03. The van der Waals surface area contributed by atoms with Crippen molar-refractivity contribution in [1.29, 1.82) is 0 Å². The second kappa shape index (κ2) is 6.96. The Morgan fingerprint density at radius 3 is 2.74 bits per heavy atom. The minimum absolute atomic E-state index is 0.387. The van der Waals surface area contributed by atoms with Crippen LogP contribution in [0.25, 0.3) is 11.4 Å². The molecule has 0 aliphatic carbocycles. The molecule has 6 heteroatoms. The van der Waals surface area contributed by atoms with Gasteiger partial charge >= 0.3 is 5.97 Å². The van der Waals surface area contributed by atoms with Gasteiger partial charge in [-0.2, -0.15) is 0 Å². The van der Waals surface area contributed by atoms with Crippen LogP contribution in [0.1, 0.15) is 38.6 Å². The first-order chi connectivity index (χ1) is 13.0. The molecule has 0 saturated heterocycles. The third-order valence-electron chi connectivity index (χ3n) is 5.18. The van der Waals surface area contributed by atoms with Gasteiger partial charge < -0.3 is 10.1 Å². The predicted molar refractivity (Wildman–Crippen MR) is 103 cm³/mol. The summed E-state index contributed by atoms with van der Waals surface area (Å²) in [5.74, 6) is -0.108. The summed E-state index contributed by atoms with van der Waals surface area (Å²) in [7, 11) is 0. The number of H-pyrrole nitrogens is 1. The Morgan fingerprint density at radius 2 is 2.04 bits per heavy atom. The monoisotopic (exact) mass is 362 g/mol. The van der Waals surface area contributed by atoms with Crippen molar-refractivity contribution < 1.29 is 9.90 Å². The van der Waals surface area contributed by atoms with Crippen LogP contribution >= 0.6 is 0 Å². The fraction of sp³-hybridized carbons (Fsp3) is 0.286. The highest BCUT2D eigenvalue weighted by molar-refractivity contribution is 5.91. The number of aromatic amines is 1. The molecule has 1 aliphatic rings. The smallest absolute Gasteiger partial charge is 0.337 e. The van der Waals surface area contributed by atoms with E-state index >= 15 is 0 Å². The first-order valence-corrected chi connectivity index (χ1v) is 9.07. The fourth-order valence-corrected chi connectivity index (χ4v) is 3.75. The van der Waals surface area contributed by atoms with Gasteiger partial charge in [0.15, 0.2) is 5.82 Å². The number of carbonyl (C=O) groups is 1. The number of benzene rings is 1. The lowest BCUT2D eigenvalue weighted by molar-refractivity contribution is 0.0695. The van der Waals surface area contributed by atoms with E-state index < -0.39 is 5.97 Å². The second-order valence-electron chi connectivity index (χ2n) is 7.03. The van der Waals surface area contributed by atoms with E-state index in [-0.39, 0.29) is 0 Å². The number of carboxylic acids is 1. The van der Waals surface area contributed by atoms with Crippen LogP contribution in [0.4, 0.5) is 0 Å². The molecule has 3 aromatic rings. The van der Waals surface area contributed by atoms with E-state index in [0.29, 0.717) is 17.8 Å². The number of fused-ring (bicyclic) bond motifs is 1. The van der Waals surface area contributed by atoms with Gasteiger partial charge in [-0.15, -0.1) is 0 Å². The maximum absolute atomic E-state index is 11.4. The van der Waals surface area contributed by atoms with Gasteiger partial charge in [-0.3, -0.25) is 4.90 Å². The summed E-state index contributed by atoms with van der Waals surface area (Å²) in [5.41, 5.74) is 6.16. The SMILES string of the molecule is Cc1[nH]c(CN2CCc3nc(-c4ccccc4)ncc3C2)c(C)c1C(=O)O. The third kappa shape index (κ3) is 3.36. The molecule has 1 aromatic carbocycles. The molecule has 6 nitrogen and oxygen atoms in total. The summed E-state index contributed by atoms with van der Waals surface area (Å²) >= 11 is 0. The molecule has 138 valence electrons. The van der Waals surface area contributed by atoms with Crippen LogP contribution in [0.2, 0.25) is 0 Å². The van der Waals surface area contributed by atoms with Gasteiger partial charge in [0, 0.05) is 54.8 Å². The number of hydrogen-bond donors (Lipinski definition) is 2. The van der Waals surface area contributed by atoms with Crippen molar-refractivity contribution in [2.24, 2.45) is 0 Å². The number of aromatic carboxylic acids is 1. The van der Waals surface area contributed by atoms with Crippen LogP contribution in [0.15, 0.2) is 36.5 Å². The Balaban J connectivity index is 1.53. The Labute approximate surface area is 157 Å². The van der Waals surface area contributed by atoms with Crippen LogP contribution in [-0.4, -0.2) is 37.5 Å². The van der Waals surface area contributed by atoms with E-state index in [1.807, 2.05) is 50.4 Å². The molecule has 0 radical (unpaired) electrons. The van der Waals surface area contributed by atoms with Gasteiger partial charge in [0.1, 0.15) is 0 Å². The number of carboxylic acid groups (broad SMARTS) is 1. The Hall–Kier alpha value is -2.99. The quantitative estimate of drug-likeness (QED) is 0.744. The van der Waals surface area contributed by atoms with Gasteiger partial charge in [-0.05, 0) is 19.4 Å². The average Bonchev–Trinajstić information content (AvgIpc) is 2.95. The Kier molecular flexibility index (Phi) is 4.49. The Bertz CT molecular complexity index is 995. The molecule has 2 aromatic heterocycles. The number of nitrogens with zero attached hydrogens (tertiary/aromatic N) is 3. The molecule has 0 saturated carbocycles. The lowest BCUT2D eigenvalue weighted by Gasteiger charge is -2.28. The first-order valence-electron chi connectivity index (χ1n) is 9.07. The maximum Gasteiger partial charge on any atom is 0.337 e. The molecule has 0 unspecified atom stereocenters. The highest BCUT2D eigenvalue weighted by Crippen LogP contribution is 2.24. The zero-order valence-electron chi connectivity index (χ0n) is 15.5. The van der Waals surface area contributed by atoms with Gasteiger partial charge in [-0.1, -0.05) is 30.3 Å². The largest absolute Gasteiger partial charge is 0.478 e. The van der Waals surface area contributed by atoms with Crippen molar-refractivity contribution in [3.05, 3.63) is 70.3 Å². The molecule has 2 N–H and O–H groups in total. The van der Waals surface area contributed by atoms with Crippen molar-refractivity contribution in [1.82, 2.24) is 19.9 Å². The van der Waals surface area contributed by atoms with Crippen molar-refractivity contribution >= 4 is 5.97 Å². The van der Waals surface area contributed by atoms with E-state index in [4.69, 9.17) is 4.98 Å². The molecule has 3 heterocycles. The van der Waals surface area contributed by atoms with Gasteiger partial charge in [0.05, 0.1) is 11.3 Å². The lowest BCUT2D eigenvalue weighted by atomic mass is 10.1. The summed E-state index contributed by atoms with van der Waals surface area (Å²) in [6.45, 7) is 6.03. The fourth-order valence-electron chi connectivity index (χ4n) is 3.75. The minimum Gasteiger partial charge on any atom is -0.478 e. The number of hydrogen-bond acceptors (Lipinski definition) is 4. The number of nitrogens with one attached hydrogen (secondary N) is 1. The summed E-state index contributed by atoms with van der Waals surface area (Å²) in [6, 6.07) is 10.0. The molecule has 0 amide bonds. The maximum atomic E-state index is 11.4. The molecule has 27 heavy (non-hydrogen) atoms. The van der Waals surface area contributed by atoms with Gasteiger partial charge in [0.25, 0.3) is 0 Å². The van der Waals surface area contributed by atoms with Crippen LogP contribution in [-0.2, 0) is 19.5 Å². The van der Waals surface area contributed by atoms with Gasteiger partial charge in [0.2, 0.25) is 0 Å². The van der Waals surface area contributed by atoms with Crippen molar-refractivity contribution in [2.75, 3.05) is 6.54 Å². The highest BCUT2D eigenvalue weighted by Gasteiger charge is 2.22. The van der Waals surface area contributed by atoms with Crippen molar-refractivity contribution in [3.63, 3.8) is 0 Å². The Morgan fingerprint density at radius 1 is 1.26 bits per heavy atom. The van der Waals surface area contributed by atoms with E-state index in [1.165, 1.54) is 0 Å². The number of aryl methyl sites for hydroxylation is 1. The topological polar surface area (TPSA) is 82.1 Å². The van der Waals surface area contributed by atoms with E-state index in [1.54, 1.807) is 0 Å². The highest BCUT2D eigenvalue weighted by atomic mass is 16.4. The molecule has 0 atom stereocenters. The summed E-state index contributed by atoms with van der Waals surface area (Å²) in [6.07, 6.45) is 2.79. The van der Waals surface area contributed by atoms with Crippen molar-refractivity contribution in [2.45, 2.75) is 33.4 Å². The zero-order valence-corrected chi connectivity index (χ0v) is 15.5. The van der Waals surface area contributed by atoms with Crippen LogP contribution in [0, 0.1) is 13.8 Å². The summed E-state index contributed by atoms with van der Waals surface area (Å²) in [5, 5.41) is 9.37. The molecule has 0 bridgehead atoms. The summed E-state index contributed by atoms with van der Waals surface area (Å²) in [4.78, 5) is 26.3. The van der Waals surface area contributed by atoms with E-state index in [9.17, 15) is 9.90 Å².